The van der Waals surface area contributed by atoms with Crippen molar-refractivity contribution in [1.29, 1.82) is 0 Å². The molecule has 0 aromatic carbocycles. The highest BCUT2D eigenvalue weighted by Crippen LogP contribution is 2.21. The summed E-state index contributed by atoms with van der Waals surface area (Å²) in [4.78, 5) is 14.3. The van der Waals surface area contributed by atoms with Crippen molar-refractivity contribution in [3.63, 3.8) is 0 Å². The van der Waals surface area contributed by atoms with Crippen LogP contribution in [0.3, 0.4) is 0 Å². The van der Waals surface area contributed by atoms with Crippen LogP contribution < -0.4 is 0 Å². The summed E-state index contributed by atoms with van der Waals surface area (Å²) in [6.07, 6.45) is 10.2. The molecule has 1 saturated heterocycles. The number of carbonyl (C=O) groups excluding carboxylic acids is 1. The van der Waals surface area contributed by atoms with Gasteiger partial charge < -0.3 is 4.90 Å². The van der Waals surface area contributed by atoms with Crippen LogP contribution in [0.4, 0.5) is 0 Å². The number of amides is 1. The second-order valence-corrected chi connectivity index (χ2v) is 5.65. The number of hydrogen-bond donors (Lipinski definition) is 0. The van der Waals surface area contributed by atoms with E-state index in [1.807, 2.05) is 45.8 Å². The zero-order chi connectivity index (χ0) is 14.7. The molecule has 6 heteroatoms. The molecule has 1 atom stereocenters. The van der Waals surface area contributed by atoms with Crippen molar-refractivity contribution in [2.45, 2.75) is 38.8 Å². The highest BCUT2D eigenvalue weighted by atomic mass is 16.2. The third kappa shape index (κ3) is 3.32. The molecule has 1 fully saturated rings. The van der Waals surface area contributed by atoms with Gasteiger partial charge >= 0.3 is 0 Å². The average Bonchev–Trinajstić information content (AvgIpc) is 3.16. The molecular formula is C15H21N5O. The number of rotatable bonds is 4. The van der Waals surface area contributed by atoms with Crippen LogP contribution in [-0.4, -0.2) is 43.5 Å². The van der Waals surface area contributed by atoms with E-state index < -0.39 is 0 Å². The van der Waals surface area contributed by atoms with Gasteiger partial charge in [-0.15, -0.1) is 0 Å². The third-order valence-electron chi connectivity index (χ3n) is 3.97. The average molecular weight is 287 g/mol. The van der Waals surface area contributed by atoms with Crippen LogP contribution >= 0.6 is 0 Å². The maximum Gasteiger partial charge on any atom is 0.224 e. The lowest BCUT2D eigenvalue weighted by atomic mass is 10.1. The molecule has 0 radical (unpaired) electrons. The molecule has 3 rings (SSSR count). The fourth-order valence-electron chi connectivity index (χ4n) is 2.85. The molecule has 1 unspecified atom stereocenters. The topological polar surface area (TPSA) is 56.0 Å². The zero-order valence-corrected chi connectivity index (χ0v) is 12.4. The SMILES string of the molecule is Cc1cnn(CCC(=O)N2CCCC(n3cccn3)C2)c1. The predicted molar refractivity (Wildman–Crippen MR) is 78.7 cm³/mol. The van der Waals surface area contributed by atoms with Crippen molar-refractivity contribution in [2.75, 3.05) is 13.1 Å². The Hall–Kier alpha value is -2.11. The summed E-state index contributed by atoms with van der Waals surface area (Å²) in [5.74, 6) is 0.208. The Kier molecular flexibility index (Phi) is 4.03. The van der Waals surface area contributed by atoms with Gasteiger partial charge in [0.25, 0.3) is 0 Å². The summed E-state index contributed by atoms with van der Waals surface area (Å²) in [6.45, 7) is 4.27. The smallest absolute Gasteiger partial charge is 0.224 e. The first-order valence-corrected chi connectivity index (χ1v) is 7.48. The normalized spacial score (nSPS) is 18.9. The summed E-state index contributed by atoms with van der Waals surface area (Å²) < 4.78 is 3.80. The Balaban J connectivity index is 1.54. The molecular weight excluding hydrogens is 266 g/mol. The Labute approximate surface area is 124 Å². The summed E-state index contributed by atoms with van der Waals surface area (Å²) in [6, 6.07) is 2.24. The van der Waals surface area contributed by atoms with Crippen molar-refractivity contribution in [3.05, 3.63) is 36.4 Å². The molecule has 6 nitrogen and oxygen atoms in total. The van der Waals surface area contributed by atoms with Gasteiger partial charge in [0.1, 0.15) is 0 Å². The van der Waals surface area contributed by atoms with Crippen molar-refractivity contribution < 1.29 is 4.79 Å². The molecule has 1 amide bonds. The van der Waals surface area contributed by atoms with Crippen LogP contribution in [0.15, 0.2) is 30.9 Å². The molecule has 3 heterocycles. The monoisotopic (exact) mass is 287 g/mol. The maximum atomic E-state index is 12.3. The van der Waals surface area contributed by atoms with Gasteiger partial charge in [0, 0.05) is 44.6 Å². The van der Waals surface area contributed by atoms with Crippen LogP contribution in [-0.2, 0) is 11.3 Å². The first kappa shape index (κ1) is 13.9. The number of aryl methyl sites for hydroxylation is 2. The minimum absolute atomic E-state index is 0.208. The van der Waals surface area contributed by atoms with Crippen LogP contribution in [0.5, 0.6) is 0 Å². The number of nitrogens with zero attached hydrogens (tertiary/aromatic N) is 5. The van der Waals surface area contributed by atoms with Crippen molar-refractivity contribution in [3.8, 4) is 0 Å². The van der Waals surface area contributed by atoms with Gasteiger partial charge in [-0.1, -0.05) is 0 Å². The first-order valence-electron chi connectivity index (χ1n) is 7.48. The van der Waals surface area contributed by atoms with E-state index in [1.54, 1.807) is 6.20 Å². The van der Waals surface area contributed by atoms with Crippen molar-refractivity contribution in [2.24, 2.45) is 0 Å². The van der Waals surface area contributed by atoms with Gasteiger partial charge in [0.05, 0.1) is 12.2 Å². The second kappa shape index (κ2) is 6.11. The highest BCUT2D eigenvalue weighted by molar-refractivity contribution is 5.76. The van der Waals surface area contributed by atoms with E-state index in [9.17, 15) is 4.79 Å². The molecule has 0 N–H and O–H groups in total. The first-order chi connectivity index (χ1) is 10.2. The highest BCUT2D eigenvalue weighted by Gasteiger charge is 2.24. The lowest BCUT2D eigenvalue weighted by molar-refractivity contribution is -0.133. The van der Waals surface area contributed by atoms with Crippen molar-refractivity contribution in [1.82, 2.24) is 24.5 Å². The fourth-order valence-corrected chi connectivity index (χ4v) is 2.85. The Morgan fingerprint density at radius 3 is 3.05 bits per heavy atom. The molecule has 2 aromatic heterocycles. The van der Waals surface area contributed by atoms with E-state index in [0.29, 0.717) is 19.0 Å². The molecule has 0 bridgehead atoms. The zero-order valence-electron chi connectivity index (χ0n) is 12.4. The van der Waals surface area contributed by atoms with E-state index in [2.05, 4.69) is 10.2 Å². The van der Waals surface area contributed by atoms with Crippen LogP contribution in [0.2, 0.25) is 0 Å². The largest absolute Gasteiger partial charge is 0.340 e. The lowest BCUT2D eigenvalue weighted by Gasteiger charge is -2.33. The van der Waals surface area contributed by atoms with Gasteiger partial charge in [0.2, 0.25) is 5.91 Å². The van der Waals surface area contributed by atoms with Crippen LogP contribution in [0.1, 0.15) is 30.9 Å². The second-order valence-electron chi connectivity index (χ2n) is 5.65. The van der Waals surface area contributed by atoms with Gasteiger partial charge in [-0.05, 0) is 31.4 Å². The molecule has 112 valence electrons. The summed E-state index contributed by atoms with van der Waals surface area (Å²) in [5, 5.41) is 8.51. The minimum Gasteiger partial charge on any atom is -0.340 e. The maximum absolute atomic E-state index is 12.3. The number of aromatic nitrogens is 4. The van der Waals surface area contributed by atoms with E-state index in [0.717, 1.165) is 31.5 Å². The third-order valence-corrected chi connectivity index (χ3v) is 3.97. The van der Waals surface area contributed by atoms with Gasteiger partial charge in [-0.3, -0.25) is 14.2 Å². The molecule has 1 aliphatic rings. The summed E-state index contributed by atoms with van der Waals surface area (Å²) >= 11 is 0. The fraction of sp³-hybridized carbons (Fsp3) is 0.533. The van der Waals surface area contributed by atoms with Gasteiger partial charge in [-0.25, -0.2) is 0 Å². The van der Waals surface area contributed by atoms with E-state index in [-0.39, 0.29) is 5.91 Å². The van der Waals surface area contributed by atoms with E-state index in [4.69, 9.17) is 0 Å². The molecule has 21 heavy (non-hydrogen) atoms. The van der Waals surface area contributed by atoms with Gasteiger partial charge in [-0.2, -0.15) is 10.2 Å². The van der Waals surface area contributed by atoms with Gasteiger partial charge in [0.15, 0.2) is 0 Å². The Bertz CT molecular complexity index is 589. The van der Waals surface area contributed by atoms with Crippen molar-refractivity contribution >= 4 is 5.91 Å². The minimum atomic E-state index is 0.208. The number of hydrogen-bond acceptors (Lipinski definition) is 3. The lowest BCUT2D eigenvalue weighted by Crippen LogP contribution is -2.41. The standard InChI is InChI=1S/C15H21N5O/c1-13-10-17-19(11-13)9-5-15(21)18-7-2-4-14(12-18)20-8-3-6-16-20/h3,6,8,10-11,14H,2,4-5,7,9,12H2,1H3. The van der Waals surface area contributed by atoms with Crippen LogP contribution in [0, 0.1) is 6.92 Å². The quantitative estimate of drug-likeness (QED) is 0.859. The predicted octanol–water partition coefficient (Wildman–Crippen LogP) is 1.64. The molecule has 0 aliphatic carbocycles. The summed E-state index contributed by atoms with van der Waals surface area (Å²) in [5.41, 5.74) is 1.12. The number of carbonyl (C=O) groups is 1. The molecule has 0 saturated carbocycles. The number of likely N-dealkylation sites (tertiary alicyclic amines) is 1. The molecule has 2 aromatic rings. The summed E-state index contributed by atoms with van der Waals surface area (Å²) in [7, 11) is 0. The molecule has 1 aliphatic heterocycles. The van der Waals surface area contributed by atoms with E-state index in [1.165, 1.54) is 0 Å². The van der Waals surface area contributed by atoms with E-state index >= 15 is 0 Å². The van der Waals surface area contributed by atoms with Crippen LogP contribution in [0.25, 0.3) is 0 Å². The molecule has 0 spiro atoms. The Morgan fingerprint density at radius 2 is 2.33 bits per heavy atom. The number of piperidine rings is 1. The Morgan fingerprint density at radius 1 is 1.43 bits per heavy atom.